The first kappa shape index (κ1) is 14.7. The van der Waals surface area contributed by atoms with Crippen LogP contribution >= 0.6 is 0 Å². The van der Waals surface area contributed by atoms with Gasteiger partial charge in [-0.3, -0.25) is 4.79 Å². The van der Waals surface area contributed by atoms with Crippen molar-refractivity contribution in [1.82, 2.24) is 9.55 Å². The van der Waals surface area contributed by atoms with Gasteiger partial charge in [0.1, 0.15) is 0 Å². The van der Waals surface area contributed by atoms with Crippen LogP contribution in [0.3, 0.4) is 0 Å². The SMILES string of the molecule is CCCN(CCO)c1nccn(C(C)(C)C)c1=O. The van der Waals surface area contributed by atoms with Crippen molar-refractivity contribution in [3.63, 3.8) is 0 Å². The monoisotopic (exact) mass is 253 g/mol. The summed E-state index contributed by atoms with van der Waals surface area (Å²) in [6.07, 6.45) is 4.25. The molecule has 1 rings (SSSR count). The van der Waals surface area contributed by atoms with Gasteiger partial charge in [-0.1, -0.05) is 6.92 Å². The van der Waals surface area contributed by atoms with Gasteiger partial charge in [0, 0.05) is 31.0 Å². The summed E-state index contributed by atoms with van der Waals surface area (Å²) in [5.74, 6) is 0.420. The van der Waals surface area contributed by atoms with Crippen LogP contribution in [0.1, 0.15) is 34.1 Å². The van der Waals surface area contributed by atoms with E-state index in [9.17, 15) is 4.79 Å². The molecule has 0 radical (unpaired) electrons. The third-order valence-corrected chi connectivity index (χ3v) is 2.71. The molecule has 18 heavy (non-hydrogen) atoms. The second-order valence-corrected chi connectivity index (χ2v) is 5.31. The lowest BCUT2D eigenvalue weighted by Gasteiger charge is -2.26. The highest BCUT2D eigenvalue weighted by molar-refractivity contribution is 5.35. The zero-order valence-corrected chi connectivity index (χ0v) is 11.7. The molecule has 0 fully saturated rings. The van der Waals surface area contributed by atoms with Crippen LogP contribution in [0.4, 0.5) is 5.82 Å². The predicted molar refractivity (Wildman–Crippen MR) is 73.1 cm³/mol. The molecule has 1 aromatic rings. The van der Waals surface area contributed by atoms with Gasteiger partial charge in [-0.15, -0.1) is 0 Å². The lowest BCUT2D eigenvalue weighted by atomic mass is 10.1. The first-order chi connectivity index (χ1) is 8.41. The molecule has 0 saturated carbocycles. The zero-order valence-electron chi connectivity index (χ0n) is 11.7. The first-order valence-corrected chi connectivity index (χ1v) is 6.35. The molecule has 0 aliphatic carbocycles. The van der Waals surface area contributed by atoms with Gasteiger partial charge in [0.05, 0.1) is 6.61 Å². The van der Waals surface area contributed by atoms with E-state index >= 15 is 0 Å². The zero-order chi connectivity index (χ0) is 13.8. The summed E-state index contributed by atoms with van der Waals surface area (Å²) >= 11 is 0. The molecule has 0 amide bonds. The van der Waals surface area contributed by atoms with E-state index in [1.807, 2.05) is 32.6 Å². The summed E-state index contributed by atoms with van der Waals surface area (Å²) in [7, 11) is 0. The van der Waals surface area contributed by atoms with E-state index in [0.717, 1.165) is 13.0 Å². The molecule has 5 nitrogen and oxygen atoms in total. The number of hydrogen-bond donors (Lipinski definition) is 1. The molecule has 102 valence electrons. The minimum absolute atomic E-state index is 0.0194. The molecule has 0 aliphatic heterocycles. The molecule has 1 aromatic heterocycles. The molecule has 0 unspecified atom stereocenters. The fourth-order valence-corrected chi connectivity index (χ4v) is 1.86. The normalized spacial score (nSPS) is 11.6. The molecule has 0 aliphatic rings. The number of nitrogens with zero attached hydrogens (tertiary/aromatic N) is 3. The highest BCUT2D eigenvalue weighted by Crippen LogP contribution is 2.12. The van der Waals surface area contributed by atoms with Gasteiger partial charge in [0.25, 0.3) is 5.56 Å². The number of aromatic nitrogens is 2. The van der Waals surface area contributed by atoms with Gasteiger partial charge in [-0.05, 0) is 27.2 Å². The molecule has 1 N–H and O–H groups in total. The van der Waals surface area contributed by atoms with E-state index in [1.165, 1.54) is 0 Å². The Kier molecular flexibility index (Phi) is 4.90. The van der Waals surface area contributed by atoms with Gasteiger partial charge < -0.3 is 14.6 Å². The molecule has 0 bridgehead atoms. The number of hydrogen-bond acceptors (Lipinski definition) is 4. The van der Waals surface area contributed by atoms with Gasteiger partial charge in [0.15, 0.2) is 5.82 Å². The summed E-state index contributed by atoms with van der Waals surface area (Å²) in [5.41, 5.74) is -0.377. The van der Waals surface area contributed by atoms with Crippen molar-refractivity contribution in [3.8, 4) is 0 Å². The predicted octanol–water partition coefficient (Wildman–Crippen LogP) is 1.21. The Balaban J connectivity index is 3.20. The summed E-state index contributed by atoms with van der Waals surface area (Å²) in [6.45, 7) is 9.15. The Morgan fingerprint density at radius 2 is 2.06 bits per heavy atom. The van der Waals surface area contributed by atoms with Gasteiger partial charge in [-0.2, -0.15) is 0 Å². The van der Waals surface area contributed by atoms with Crippen LogP contribution in [0.5, 0.6) is 0 Å². The van der Waals surface area contributed by atoms with Crippen molar-refractivity contribution >= 4 is 5.82 Å². The van der Waals surface area contributed by atoms with E-state index in [2.05, 4.69) is 4.98 Å². The van der Waals surface area contributed by atoms with Crippen LogP contribution in [0.2, 0.25) is 0 Å². The molecule has 0 spiro atoms. The third-order valence-electron chi connectivity index (χ3n) is 2.71. The molecule has 0 saturated heterocycles. The molecule has 1 heterocycles. The fraction of sp³-hybridized carbons (Fsp3) is 0.692. The number of aliphatic hydroxyl groups excluding tert-OH is 1. The van der Waals surface area contributed by atoms with Crippen LogP contribution in [0.15, 0.2) is 17.2 Å². The van der Waals surface area contributed by atoms with E-state index < -0.39 is 0 Å². The van der Waals surface area contributed by atoms with Crippen LogP contribution in [0, 0.1) is 0 Å². The Bertz CT molecular complexity index is 429. The highest BCUT2D eigenvalue weighted by atomic mass is 16.3. The smallest absolute Gasteiger partial charge is 0.293 e. The summed E-state index contributed by atoms with van der Waals surface area (Å²) in [5, 5.41) is 9.07. The van der Waals surface area contributed by atoms with Crippen LogP contribution in [-0.4, -0.2) is 34.4 Å². The average molecular weight is 253 g/mol. The van der Waals surface area contributed by atoms with Gasteiger partial charge in [0.2, 0.25) is 0 Å². The Morgan fingerprint density at radius 1 is 1.39 bits per heavy atom. The van der Waals surface area contributed by atoms with E-state index in [0.29, 0.717) is 12.4 Å². The topological polar surface area (TPSA) is 58.4 Å². The first-order valence-electron chi connectivity index (χ1n) is 6.35. The van der Waals surface area contributed by atoms with Crippen molar-refractivity contribution < 1.29 is 5.11 Å². The summed E-state index contributed by atoms with van der Waals surface area (Å²) in [6, 6.07) is 0. The quantitative estimate of drug-likeness (QED) is 0.857. The van der Waals surface area contributed by atoms with Crippen molar-refractivity contribution in [3.05, 3.63) is 22.7 Å². The maximum atomic E-state index is 12.4. The minimum atomic E-state index is -0.272. The maximum Gasteiger partial charge on any atom is 0.293 e. The van der Waals surface area contributed by atoms with Crippen molar-refractivity contribution in [2.75, 3.05) is 24.6 Å². The van der Waals surface area contributed by atoms with Crippen LogP contribution in [-0.2, 0) is 5.54 Å². The largest absolute Gasteiger partial charge is 0.395 e. The Hall–Kier alpha value is -1.36. The lowest BCUT2D eigenvalue weighted by Crippen LogP contribution is -2.40. The second-order valence-electron chi connectivity index (χ2n) is 5.31. The standard InChI is InChI=1S/C13H23N3O2/c1-5-7-15(9-10-17)11-12(18)16(8-6-14-11)13(2,3)4/h6,8,17H,5,7,9-10H2,1-4H3. The molecule has 0 atom stereocenters. The molecule has 0 aromatic carbocycles. The van der Waals surface area contributed by atoms with Crippen molar-refractivity contribution in [2.45, 2.75) is 39.7 Å². The third kappa shape index (κ3) is 3.32. The average Bonchev–Trinajstić information content (AvgIpc) is 2.27. The minimum Gasteiger partial charge on any atom is -0.395 e. The van der Waals surface area contributed by atoms with Gasteiger partial charge >= 0.3 is 0 Å². The van der Waals surface area contributed by atoms with Crippen molar-refractivity contribution in [2.24, 2.45) is 0 Å². The fourth-order valence-electron chi connectivity index (χ4n) is 1.86. The number of rotatable bonds is 5. The van der Waals surface area contributed by atoms with E-state index in [4.69, 9.17) is 5.11 Å². The van der Waals surface area contributed by atoms with E-state index in [-0.39, 0.29) is 17.7 Å². The second kappa shape index (κ2) is 6.00. The molecular formula is C13H23N3O2. The van der Waals surface area contributed by atoms with Crippen LogP contribution in [0.25, 0.3) is 0 Å². The Labute approximate surface area is 108 Å². The van der Waals surface area contributed by atoms with E-state index in [1.54, 1.807) is 17.0 Å². The highest BCUT2D eigenvalue weighted by Gasteiger charge is 2.19. The summed E-state index contributed by atoms with van der Waals surface area (Å²) < 4.78 is 1.68. The number of aliphatic hydroxyl groups is 1. The lowest BCUT2D eigenvalue weighted by molar-refractivity contribution is 0.301. The molecule has 5 heteroatoms. The maximum absolute atomic E-state index is 12.4. The molecular weight excluding hydrogens is 230 g/mol. The summed E-state index contributed by atoms with van der Waals surface area (Å²) in [4.78, 5) is 18.4. The van der Waals surface area contributed by atoms with Gasteiger partial charge in [-0.25, -0.2) is 4.98 Å². The van der Waals surface area contributed by atoms with Crippen molar-refractivity contribution in [1.29, 1.82) is 0 Å². The number of anilines is 1. The van der Waals surface area contributed by atoms with Crippen LogP contribution < -0.4 is 10.5 Å². The Morgan fingerprint density at radius 3 is 2.56 bits per heavy atom.